The van der Waals surface area contributed by atoms with Crippen LogP contribution in [0.4, 0.5) is 5.69 Å². The van der Waals surface area contributed by atoms with Crippen LogP contribution >= 0.6 is 23.2 Å². The zero-order valence-electron chi connectivity index (χ0n) is 12.8. The van der Waals surface area contributed by atoms with Crippen molar-refractivity contribution in [2.75, 3.05) is 18.5 Å². The van der Waals surface area contributed by atoms with Gasteiger partial charge >= 0.3 is 5.97 Å². The summed E-state index contributed by atoms with van der Waals surface area (Å²) in [5.74, 6) is -0.825. The Hall–Kier alpha value is -2.57. The van der Waals surface area contributed by atoms with Crippen molar-refractivity contribution < 1.29 is 23.9 Å². The molecule has 0 aliphatic rings. The summed E-state index contributed by atoms with van der Waals surface area (Å²) in [5.41, 5.74) is 0.927. The van der Waals surface area contributed by atoms with Crippen molar-refractivity contribution >= 4 is 47.1 Å². The maximum Gasteiger partial charge on any atom is 0.344 e. The fourth-order valence-electron chi connectivity index (χ4n) is 1.74. The zero-order chi connectivity index (χ0) is 18.2. The third kappa shape index (κ3) is 6.10. The number of carbonyl (C=O) groups excluding carboxylic acids is 3. The average Bonchev–Trinajstić information content (AvgIpc) is 2.61. The van der Waals surface area contributed by atoms with Crippen molar-refractivity contribution in [3.8, 4) is 5.75 Å². The summed E-state index contributed by atoms with van der Waals surface area (Å²) < 4.78 is 10.00. The van der Waals surface area contributed by atoms with E-state index in [9.17, 15) is 14.4 Å². The van der Waals surface area contributed by atoms with Crippen LogP contribution < -0.4 is 10.1 Å². The van der Waals surface area contributed by atoms with Crippen LogP contribution in [0.5, 0.6) is 5.75 Å². The van der Waals surface area contributed by atoms with Crippen molar-refractivity contribution in [3.05, 3.63) is 58.1 Å². The van der Waals surface area contributed by atoms with Gasteiger partial charge in [-0.05, 0) is 42.5 Å². The molecule has 0 aliphatic heterocycles. The summed E-state index contributed by atoms with van der Waals surface area (Å²) in [6, 6.07) is 10.8. The number of rotatable bonds is 7. The van der Waals surface area contributed by atoms with E-state index in [2.05, 4.69) is 5.32 Å². The number of ether oxygens (including phenoxy) is 2. The molecule has 0 fully saturated rings. The van der Waals surface area contributed by atoms with Gasteiger partial charge in [-0.2, -0.15) is 0 Å². The summed E-state index contributed by atoms with van der Waals surface area (Å²) in [6.07, 6.45) is 0.699. The van der Waals surface area contributed by atoms with Crippen LogP contribution in [0.3, 0.4) is 0 Å². The number of aldehydes is 1. The van der Waals surface area contributed by atoms with E-state index in [1.165, 1.54) is 12.1 Å². The number of benzene rings is 2. The monoisotopic (exact) mass is 381 g/mol. The zero-order valence-corrected chi connectivity index (χ0v) is 14.3. The molecule has 0 radical (unpaired) electrons. The second-order valence-corrected chi connectivity index (χ2v) is 5.63. The molecular weight excluding hydrogens is 369 g/mol. The molecule has 0 atom stereocenters. The van der Waals surface area contributed by atoms with Gasteiger partial charge in [0.15, 0.2) is 13.2 Å². The highest BCUT2D eigenvalue weighted by atomic mass is 35.5. The van der Waals surface area contributed by atoms with Crippen LogP contribution in [-0.4, -0.2) is 31.4 Å². The molecule has 0 aliphatic carbocycles. The van der Waals surface area contributed by atoms with E-state index < -0.39 is 18.5 Å². The topological polar surface area (TPSA) is 81.7 Å². The number of carbonyl (C=O) groups is 3. The highest BCUT2D eigenvalue weighted by Gasteiger charge is 2.09. The predicted octanol–water partition coefficient (Wildman–Crippen LogP) is 3.37. The standard InChI is InChI=1S/C17H13Cl2NO5/c18-14-6-3-12(7-15(14)19)20-16(22)9-25-17(23)10-24-13-4-1-11(8-21)2-5-13/h1-8H,9-10H2,(H,20,22). The van der Waals surface area contributed by atoms with Crippen LogP contribution in [0, 0.1) is 0 Å². The van der Waals surface area contributed by atoms with E-state index in [1.54, 1.807) is 30.3 Å². The maximum absolute atomic E-state index is 11.7. The van der Waals surface area contributed by atoms with Gasteiger partial charge in [-0.1, -0.05) is 23.2 Å². The molecule has 130 valence electrons. The summed E-state index contributed by atoms with van der Waals surface area (Å²) in [4.78, 5) is 33.8. The third-order valence-electron chi connectivity index (χ3n) is 2.94. The van der Waals surface area contributed by atoms with E-state index in [4.69, 9.17) is 32.7 Å². The number of esters is 1. The maximum atomic E-state index is 11.7. The Morgan fingerprint density at radius 1 is 1.00 bits per heavy atom. The van der Waals surface area contributed by atoms with Crippen LogP contribution in [-0.2, 0) is 14.3 Å². The smallest absolute Gasteiger partial charge is 0.344 e. The van der Waals surface area contributed by atoms with Gasteiger partial charge in [-0.3, -0.25) is 9.59 Å². The van der Waals surface area contributed by atoms with Crippen LogP contribution in [0.25, 0.3) is 0 Å². The number of amides is 1. The molecule has 0 saturated carbocycles. The lowest BCUT2D eigenvalue weighted by molar-refractivity contribution is -0.149. The molecule has 0 saturated heterocycles. The summed E-state index contributed by atoms with van der Waals surface area (Å²) in [6.45, 7) is -0.826. The summed E-state index contributed by atoms with van der Waals surface area (Å²) >= 11 is 11.6. The van der Waals surface area contributed by atoms with E-state index in [1.807, 2.05) is 0 Å². The molecule has 2 aromatic carbocycles. The van der Waals surface area contributed by atoms with Gasteiger partial charge in [-0.15, -0.1) is 0 Å². The molecule has 6 nitrogen and oxygen atoms in total. The minimum Gasteiger partial charge on any atom is -0.482 e. The van der Waals surface area contributed by atoms with Gasteiger partial charge < -0.3 is 14.8 Å². The quantitative estimate of drug-likeness (QED) is 0.587. The normalized spacial score (nSPS) is 10.0. The molecule has 0 unspecified atom stereocenters. The molecule has 2 rings (SSSR count). The Morgan fingerprint density at radius 2 is 1.72 bits per heavy atom. The van der Waals surface area contributed by atoms with Gasteiger partial charge in [0.25, 0.3) is 5.91 Å². The van der Waals surface area contributed by atoms with E-state index >= 15 is 0 Å². The predicted molar refractivity (Wildman–Crippen MR) is 93.4 cm³/mol. The van der Waals surface area contributed by atoms with Crippen molar-refractivity contribution in [2.24, 2.45) is 0 Å². The molecular formula is C17H13Cl2NO5. The number of halogens is 2. The van der Waals surface area contributed by atoms with Crippen molar-refractivity contribution in [2.45, 2.75) is 0 Å². The minimum absolute atomic E-state index is 0.297. The Morgan fingerprint density at radius 3 is 2.36 bits per heavy atom. The van der Waals surface area contributed by atoms with E-state index in [0.29, 0.717) is 33.3 Å². The summed E-state index contributed by atoms with van der Waals surface area (Å²) in [7, 11) is 0. The van der Waals surface area contributed by atoms with Crippen molar-refractivity contribution in [1.82, 2.24) is 0 Å². The van der Waals surface area contributed by atoms with Gasteiger partial charge in [0.05, 0.1) is 10.0 Å². The minimum atomic E-state index is -0.705. The fraction of sp³-hybridized carbons (Fsp3) is 0.118. The van der Waals surface area contributed by atoms with Crippen LogP contribution in [0.15, 0.2) is 42.5 Å². The molecule has 0 spiro atoms. The van der Waals surface area contributed by atoms with Gasteiger partial charge in [0.1, 0.15) is 12.0 Å². The Kier molecular flexibility index (Phi) is 6.80. The third-order valence-corrected chi connectivity index (χ3v) is 3.68. The lowest BCUT2D eigenvalue weighted by Crippen LogP contribution is -2.23. The van der Waals surface area contributed by atoms with Crippen molar-refractivity contribution in [3.63, 3.8) is 0 Å². The number of hydrogen-bond donors (Lipinski definition) is 1. The van der Waals surface area contributed by atoms with Gasteiger partial charge in [-0.25, -0.2) is 4.79 Å². The summed E-state index contributed by atoms with van der Waals surface area (Å²) in [5, 5.41) is 3.18. The molecule has 1 amide bonds. The largest absolute Gasteiger partial charge is 0.482 e. The van der Waals surface area contributed by atoms with E-state index in [-0.39, 0.29) is 6.61 Å². The molecule has 1 N–H and O–H groups in total. The highest BCUT2D eigenvalue weighted by molar-refractivity contribution is 6.42. The molecule has 2 aromatic rings. The second kappa shape index (κ2) is 9.05. The lowest BCUT2D eigenvalue weighted by Gasteiger charge is -2.08. The first-order valence-electron chi connectivity index (χ1n) is 7.06. The molecule has 0 aromatic heterocycles. The molecule has 25 heavy (non-hydrogen) atoms. The number of nitrogens with one attached hydrogen (secondary N) is 1. The first-order chi connectivity index (χ1) is 12.0. The van der Waals surface area contributed by atoms with E-state index in [0.717, 1.165) is 0 Å². The average molecular weight is 382 g/mol. The molecule has 0 heterocycles. The lowest BCUT2D eigenvalue weighted by atomic mass is 10.2. The number of hydrogen-bond acceptors (Lipinski definition) is 5. The second-order valence-electron chi connectivity index (χ2n) is 4.81. The highest BCUT2D eigenvalue weighted by Crippen LogP contribution is 2.24. The fourth-order valence-corrected chi connectivity index (χ4v) is 2.04. The van der Waals surface area contributed by atoms with Crippen molar-refractivity contribution in [1.29, 1.82) is 0 Å². The first-order valence-corrected chi connectivity index (χ1v) is 7.82. The Bertz CT molecular complexity index is 777. The van der Waals surface area contributed by atoms with Crippen LogP contribution in [0.2, 0.25) is 10.0 Å². The molecule has 8 heteroatoms. The number of anilines is 1. The SMILES string of the molecule is O=Cc1ccc(OCC(=O)OCC(=O)Nc2ccc(Cl)c(Cl)c2)cc1. The Labute approximate surface area is 153 Å². The van der Waals surface area contributed by atoms with Gasteiger partial charge in [0.2, 0.25) is 0 Å². The molecule has 0 bridgehead atoms. The first kappa shape index (κ1) is 18.8. The van der Waals surface area contributed by atoms with Crippen LogP contribution in [0.1, 0.15) is 10.4 Å². The Balaban J connectivity index is 1.73. The van der Waals surface area contributed by atoms with Gasteiger partial charge in [0, 0.05) is 11.3 Å².